The third kappa shape index (κ3) is 4.18. The van der Waals surface area contributed by atoms with Crippen LogP contribution in [0.1, 0.15) is 27.1 Å². The maximum absolute atomic E-state index is 13.2. The lowest BCUT2D eigenvalue weighted by Crippen LogP contribution is -2.62. The molecule has 6 heteroatoms. The molecule has 0 spiro atoms. The Morgan fingerprint density at radius 2 is 1.44 bits per heavy atom. The molecule has 1 unspecified atom stereocenters. The van der Waals surface area contributed by atoms with Crippen molar-refractivity contribution in [2.45, 2.75) is 18.5 Å². The van der Waals surface area contributed by atoms with Crippen molar-refractivity contribution in [2.24, 2.45) is 7.05 Å². The van der Waals surface area contributed by atoms with Crippen LogP contribution in [0.4, 0.5) is 0 Å². The number of carbonyl (C=O) groups excluding carboxylic acids is 2. The van der Waals surface area contributed by atoms with Crippen molar-refractivity contribution in [1.82, 2.24) is 19.7 Å². The van der Waals surface area contributed by atoms with Gasteiger partial charge in [-0.15, -0.1) is 0 Å². The van der Waals surface area contributed by atoms with E-state index >= 15 is 0 Å². The van der Waals surface area contributed by atoms with Crippen molar-refractivity contribution in [3.8, 4) is 11.1 Å². The lowest BCUT2D eigenvalue weighted by atomic mass is 10.0. The van der Waals surface area contributed by atoms with Crippen LogP contribution >= 0.6 is 0 Å². The molecule has 6 nitrogen and oxygen atoms in total. The summed E-state index contributed by atoms with van der Waals surface area (Å²) in [5, 5.41) is 4.81. The van der Waals surface area contributed by atoms with E-state index in [0.29, 0.717) is 19.6 Å². The zero-order chi connectivity index (χ0) is 24.6. The highest BCUT2D eigenvalue weighted by Gasteiger charge is 2.35. The molecule has 0 aliphatic carbocycles. The van der Waals surface area contributed by atoms with Crippen LogP contribution in [0.25, 0.3) is 22.0 Å². The van der Waals surface area contributed by atoms with E-state index in [2.05, 4.69) is 34.3 Å². The maximum atomic E-state index is 13.2. The van der Waals surface area contributed by atoms with Gasteiger partial charge in [-0.05, 0) is 36.2 Å². The molecule has 1 N–H and O–H groups in total. The van der Waals surface area contributed by atoms with Crippen molar-refractivity contribution in [2.75, 3.05) is 26.2 Å². The summed E-state index contributed by atoms with van der Waals surface area (Å²) in [4.78, 5) is 29.7. The van der Waals surface area contributed by atoms with Gasteiger partial charge in [0.05, 0.1) is 0 Å². The molecule has 3 aromatic carbocycles. The van der Waals surface area contributed by atoms with Crippen molar-refractivity contribution in [1.29, 1.82) is 0 Å². The standard InChI is InChI=1S/C30H30N4O2/c1-32-20-27(21-8-4-2-5-9-21)26-13-12-23(16-28(26)32)30(36)34-18-25(19-34)31-24-14-15-33(17-24)29(35)22-10-6-3-7-11-22/h2-13,16,20,24-25,31H,14-15,17-19H2,1H3. The molecule has 2 aliphatic heterocycles. The summed E-state index contributed by atoms with van der Waals surface area (Å²) in [5.41, 5.74) is 4.88. The van der Waals surface area contributed by atoms with Crippen molar-refractivity contribution < 1.29 is 9.59 Å². The van der Waals surface area contributed by atoms with Gasteiger partial charge in [-0.25, -0.2) is 0 Å². The van der Waals surface area contributed by atoms with Gasteiger partial charge >= 0.3 is 0 Å². The number of rotatable bonds is 5. The third-order valence-electron chi connectivity index (χ3n) is 7.46. The number of fused-ring (bicyclic) bond motifs is 1. The normalized spacial score (nSPS) is 18.0. The Morgan fingerprint density at radius 3 is 2.19 bits per heavy atom. The number of hydrogen-bond donors (Lipinski definition) is 1. The minimum absolute atomic E-state index is 0.0738. The minimum Gasteiger partial charge on any atom is -0.350 e. The number of benzene rings is 3. The van der Waals surface area contributed by atoms with E-state index in [1.165, 1.54) is 11.1 Å². The van der Waals surface area contributed by atoms with Crippen molar-refractivity contribution in [3.63, 3.8) is 0 Å². The molecule has 2 fully saturated rings. The van der Waals surface area contributed by atoms with E-state index in [1.807, 2.05) is 77.5 Å². The molecule has 1 aromatic heterocycles. The predicted octanol–water partition coefficient (Wildman–Crippen LogP) is 4.17. The van der Waals surface area contributed by atoms with E-state index in [0.717, 1.165) is 35.0 Å². The van der Waals surface area contributed by atoms with Crippen LogP contribution in [0, 0.1) is 0 Å². The first kappa shape index (κ1) is 22.6. The lowest BCUT2D eigenvalue weighted by Gasteiger charge is -2.41. The number of carbonyl (C=O) groups is 2. The molecule has 182 valence electrons. The first-order chi connectivity index (χ1) is 17.6. The summed E-state index contributed by atoms with van der Waals surface area (Å²) in [6.07, 6.45) is 3.07. The van der Waals surface area contributed by atoms with E-state index in [1.54, 1.807) is 0 Å². The smallest absolute Gasteiger partial charge is 0.254 e. The molecule has 3 heterocycles. The fourth-order valence-corrected chi connectivity index (χ4v) is 5.47. The summed E-state index contributed by atoms with van der Waals surface area (Å²) >= 11 is 0. The van der Waals surface area contributed by atoms with E-state index < -0.39 is 0 Å². The van der Waals surface area contributed by atoms with E-state index in [9.17, 15) is 9.59 Å². The molecule has 0 radical (unpaired) electrons. The molecule has 4 aromatic rings. The van der Waals surface area contributed by atoms with Gasteiger partial charge in [-0.1, -0.05) is 54.6 Å². The maximum Gasteiger partial charge on any atom is 0.254 e. The number of likely N-dealkylation sites (tertiary alicyclic amines) is 2. The first-order valence-corrected chi connectivity index (χ1v) is 12.6. The second-order valence-corrected chi connectivity index (χ2v) is 9.93. The third-order valence-corrected chi connectivity index (χ3v) is 7.46. The van der Waals surface area contributed by atoms with Crippen LogP contribution < -0.4 is 5.32 Å². The number of nitrogens with zero attached hydrogens (tertiary/aromatic N) is 3. The molecule has 0 bridgehead atoms. The Balaban J connectivity index is 1.06. The van der Waals surface area contributed by atoms with Crippen LogP contribution in [0.15, 0.2) is 85.1 Å². The monoisotopic (exact) mass is 478 g/mol. The van der Waals surface area contributed by atoms with Gasteiger partial charge in [0.15, 0.2) is 0 Å². The second kappa shape index (κ2) is 9.28. The highest BCUT2D eigenvalue weighted by molar-refractivity contribution is 6.02. The quantitative estimate of drug-likeness (QED) is 0.468. The predicted molar refractivity (Wildman–Crippen MR) is 142 cm³/mol. The average molecular weight is 479 g/mol. The van der Waals surface area contributed by atoms with Crippen LogP contribution in [-0.4, -0.2) is 64.4 Å². The van der Waals surface area contributed by atoms with Gasteiger partial charge in [0.2, 0.25) is 0 Å². The average Bonchev–Trinajstić information content (AvgIpc) is 3.50. The van der Waals surface area contributed by atoms with Gasteiger partial charge in [0.25, 0.3) is 11.8 Å². The van der Waals surface area contributed by atoms with Gasteiger partial charge in [0, 0.05) is 79.1 Å². The molecular formula is C30H30N4O2. The summed E-state index contributed by atoms with van der Waals surface area (Å²) in [5.74, 6) is 0.168. The Bertz CT molecular complexity index is 1410. The number of aryl methyl sites for hydroxylation is 1. The highest BCUT2D eigenvalue weighted by Crippen LogP contribution is 2.31. The topological polar surface area (TPSA) is 57.6 Å². The number of hydrogen-bond acceptors (Lipinski definition) is 3. The Labute approximate surface area is 211 Å². The van der Waals surface area contributed by atoms with Crippen molar-refractivity contribution >= 4 is 22.7 Å². The summed E-state index contributed by atoms with van der Waals surface area (Å²) < 4.78 is 2.09. The largest absolute Gasteiger partial charge is 0.350 e. The summed E-state index contributed by atoms with van der Waals surface area (Å²) in [7, 11) is 2.03. The Hall–Kier alpha value is -3.90. The van der Waals surface area contributed by atoms with Crippen LogP contribution in [0.5, 0.6) is 0 Å². The molecule has 2 aliphatic rings. The molecule has 6 rings (SSSR count). The highest BCUT2D eigenvalue weighted by atomic mass is 16.2. The van der Waals surface area contributed by atoms with E-state index in [4.69, 9.17) is 0 Å². The molecular weight excluding hydrogens is 448 g/mol. The molecule has 36 heavy (non-hydrogen) atoms. The van der Waals surface area contributed by atoms with Crippen LogP contribution in [0.3, 0.4) is 0 Å². The molecule has 2 saturated heterocycles. The van der Waals surface area contributed by atoms with Gasteiger partial charge in [0.1, 0.15) is 0 Å². The first-order valence-electron chi connectivity index (χ1n) is 12.6. The van der Waals surface area contributed by atoms with Crippen LogP contribution in [0.2, 0.25) is 0 Å². The number of aromatic nitrogens is 1. The summed E-state index contributed by atoms with van der Waals surface area (Å²) in [6.45, 7) is 2.87. The Kier molecular flexibility index (Phi) is 5.82. The number of amides is 2. The lowest BCUT2D eigenvalue weighted by molar-refractivity contribution is 0.0553. The molecule has 1 atom stereocenters. The van der Waals surface area contributed by atoms with Gasteiger partial charge in [-0.3, -0.25) is 9.59 Å². The zero-order valence-electron chi connectivity index (χ0n) is 20.4. The summed E-state index contributed by atoms with van der Waals surface area (Å²) in [6, 6.07) is 26.4. The van der Waals surface area contributed by atoms with Crippen LogP contribution in [-0.2, 0) is 7.05 Å². The zero-order valence-corrected chi connectivity index (χ0v) is 20.4. The Morgan fingerprint density at radius 1 is 0.778 bits per heavy atom. The van der Waals surface area contributed by atoms with Gasteiger partial charge in [-0.2, -0.15) is 0 Å². The van der Waals surface area contributed by atoms with Gasteiger partial charge < -0.3 is 19.7 Å². The fraction of sp³-hybridized carbons (Fsp3) is 0.267. The molecule has 2 amide bonds. The molecule has 0 saturated carbocycles. The minimum atomic E-state index is 0.0738. The van der Waals surface area contributed by atoms with Crippen molar-refractivity contribution in [3.05, 3.63) is 96.2 Å². The SMILES string of the molecule is Cn1cc(-c2ccccc2)c2ccc(C(=O)N3CC(NC4CCN(C(=O)c5ccccc5)C4)C3)cc21. The fourth-order valence-electron chi connectivity index (χ4n) is 5.47. The number of nitrogens with one attached hydrogen (secondary N) is 1. The van der Waals surface area contributed by atoms with E-state index in [-0.39, 0.29) is 23.9 Å². The second-order valence-electron chi connectivity index (χ2n) is 9.93.